The van der Waals surface area contributed by atoms with Crippen molar-refractivity contribution in [2.75, 3.05) is 39.6 Å². The number of rotatable bonds is 5. The van der Waals surface area contributed by atoms with E-state index in [2.05, 4.69) is 22.2 Å². The third kappa shape index (κ3) is 4.39. The van der Waals surface area contributed by atoms with Crippen molar-refractivity contribution < 1.29 is 14.3 Å². The normalized spacial score (nSPS) is 13.8. The number of aromatic nitrogens is 1. The number of benzene rings is 1. The van der Waals surface area contributed by atoms with E-state index >= 15 is 0 Å². The van der Waals surface area contributed by atoms with Crippen molar-refractivity contribution in [3.05, 3.63) is 40.4 Å². The Hall–Kier alpha value is -2.45. The van der Waals surface area contributed by atoms with Crippen molar-refractivity contribution in [2.24, 2.45) is 0 Å². The average molecular weight is 374 g/mol. The van der Waals surface area contributed by atoms with Crippen LogP contribution in [-0.2, 0) is 17.8 Å². The van der Waals surface area contributed by atoms with E-state index in [0.29, 0.717) is 16.4 Å². The summed E-state index contributed by atoms with van der Waals surface area (Å²) >= 11 is 1.52. The number of carbonyl (C=O) groups is 2. The molecule has 1 aromatic carbocycles. The van der Waals surface area contributed by atoms with Crippen LogP contribution >= 0.6 is 11.3 Å². The maximum absolute atomic E-state index is 12.5. The molecule has 0 saturated carbocycles. The van der Waals surface area contributed by atoms with Gasteiger partial charge in [-0.3, -0.25) is 14.9 Å². The fourth-order valence-electron chi connectivity index (χ4n) is 2.55. The number of fused-ring (bicyclic) bond motifs is 1. The minimum atomic E-state index is -0.242. The number of amides is 2. The van der Waals surface area contributed by atoms with E-state index in [1.807, 2.05) is 0 Å². The van der Waals surface area contributed by atoms with E-state index in [1.54, 1.807) is 38.4 Å². The molecule has 2 amide bonds. The molecule has 0 aliphatic carbocycles. The SMILES string of the molecule is CN1CCc2nc(NC(=O)c3cccc(OCC(=O)N(C)C)c3)sc2C1. The van der Waals surface area contributed by atoms with Gasteiger partial charge >= 0.3 is 0 Å². The monoisotopic (exact) mass is 374 g/mol. The van der Waals surface area contributed by atoms with Gasteiger partial charge in [-0.05, 0) is 25.2 Å². The number of nitrogens with zero attached hydrogens (tertiary/aromatic N) is 3. The number of ether oxygens (including phenoxy) is 1. The van der Waals surface area contributed by atoms with Gasteiger partial charge in [0.15, 0.2) is 11.7 Å². The van der Waals surface area contributed by atoms with Crippen molar-refractivity contribution in [1.29, 1.82) is 0 Å². The zero-order chi connectivity index (χ0) is 18.7. The van der Waals surface area contributed by atoms with Crippen molar-refractivity contribution in [3.8, 4) is 5.75 Å². The van der Waals surface area contributed by atoms with E-state index in [1.165, 1.54) is 21.1 Å². The molecule has 0 atom stereocenters. The minimum Gasteiger partial charge on any atom is -0.484 e. The number of nitrogens with one attached hydrogen (secondary N) is 1. The van der Waals surface area contributed by atoms with Crippen LogP contribution in [0.4, 0.5) is 5.13 Å². The van der Waals surface area contributed by atoms with Gasteiger partial charge < -0.3 is 14.5 Å². The largest absolute Gasteiger partial charge is 0.484 e. The van der Waals surface area contributed by atoms with Crippen LogP contribution in [0.1, 0.15) is 20.9 Å². The lowest BCUT2D eigenvalue weighted by atomic mass is 10.2. The average Bonchev–Trinajstić information content (AvgIpc) is 3.01. The molecule has 138 valence electrons. The van der Waals surface area contributed by atoms with Crippen LogP contribution in [0.25, 0.3) is 0 Å². The summed E-state index contributed by atoms with van der Waals surface area (Å²) in [5.41, 5.74) is 1.53. The standard InChI is InChI=1S/C18H22N4O3S/c1-21(2)16(23)11-25-13-6-4-5-12(9-13)17(24)20-18-19-14-7-8-22(3)10-15(14)26-18/h4-6,9H,7-8,10-11H2,1-3H3,(H,19,20,24). The van der Waals surface area contributed by atoms with Gasteiger partial charge in [-0.2, -0.15) is 0 Å². The highest BCUT2D eigenvalue weighted by Gasteiger charge is 2.19. The zero-order valence-corrected chi connectivity index (χ0v) is 15.9. The van der Waals surface area contributed by atoms with Gasteiger partial charge in [0.05, 0.1) is 5.69 Å². The summed E-state index contributed by atoms with van der Waals surface area (Å²) in [6.45, 7) is 1.78. The highest BCUT2D eigenvalue weighted by atomic mass is 32.1. The second-order valence-electron chi connectivity index (χ2n) is 6.44. The summed E-state index contributed by atoms with van der Waals surface area (Å²) in [7, 11) is 5.41. The molecule has 2 heterocycles. The Bertz CT molecular complexity index is 819. The Kier molecular flexibility index (Phi) is 5.53. The highest BCUT2D eigenvalue weighted by Crippen LogP contribution is 2.28. The van der Waals surface area contributed by atoms with Crippen LogP contribution in [0.2, 0.25) is 0 Å². The third-order valence-electron chi connectivity index (χ3n) is 4.10. The fraction of sp³-hybridized carbons (Fsp3) is 0.389. The number of carbonyl (C=O) groups excluding carboxylic acids is 2. The first-order chi connectivity index (χ1) is 12.4. The lowest BCUT2D eigenvalue weighted by molar-refractivity contribution is -0.130. The lowest BCUT2D eigenvalue weighted by Gasteiger charge is -2.20. The molecule has 0 fully saturated rings. The molecule has 0 unspecified atom stereocenters. The Morgan fingerprint density at radius 3 is 2.96 bits per heavy atom. The van der Waals surface area contributed by atoms with Crippen LogP contribution in [0.3, 0.4) is 0 Å². The van der Waals surface area contributed by atoms with Crippen LogP contribution in [0.5, 0.6) is 5.75 Å². The molecule has 1 aliphatic rings. The van der Waals surface area contributed by atoms with Gasteiger partial charge in [0, 0.05) is 44.0 Å². The van der Waals surface area contributed by atoms with Crippen LogP contribution < -0.4 is 10.1 Å². The number of likely N-dealkylation sites (N-methyl/N-ethyl adjacent to an activating group) is 2. The quantitative estimate of drug-likeness (QED) is 0.865. The topological polar surface area (TPSA) is 74.8 Å². The first-order valence-corrected chi connectivity index (χ1v) is 9.15. The number of thiazole rings is 1. The fourth-order valence-corrected chi connectivity index (χ4v) is 3.63. The second-order valence-corrected chi connectivity index (χ2v) is 7.52. The van der Waals surface area contributed by atoms with E-state index in [4.69, 9.17) is 4.74 Å². The van der Waals surface area contributed by atoms with E-state index < -0.39 is 0 Å². The molecule has 0 bridgehead atoms. The summed E-state index contributed by atoms with van der Waals surface area (Å²) < 4.78 is 5.46. The Morgan fingerprint density at radius 2 is 2.19 bits per heavy atom. The number of hydrogen-bond donors (Lipinski definition) is 1. The third-order valence-corrected chi connectivity index (χ3v) is 5.10. The first kappa shape index (κ1) is 18.3. The van der Waals surface area contributed by atoms with Gasteiger partial charge in [-0.15, -0.1) is 11.3 Å². The molecule has 7 nitrogen and oxygen atoms in total. The van der Waals surface area contributed by atoms with Gasteiger partial charge in [-0.1, -0.05) is 6.07 Å². The van der Waals surface area contributed by atoms with Crippen LogP contribution in [-0.4, -0.2) is 60.9 Å². The van der Waals surface area contributed by atoms with Crippen LogP contribution in [0, 0.1) is 0 Å². The van der Waals surface area contributed by atoms with Gasteiger partial charge in [0.1, 0.15) is 5.75 Å². The van der Waals surface area contributed by atoms with E-state index in [-0.39, 0.29) is 18.4 Å². The summed E-state index contributed by atoms with van der Waals surface area (Å²) in [5.74, 6) is 0.0972. The molecule has 1 N–H and O–H groups in total. The molecule has 26 heavy (non-hydrogen) atoms. The molecule has 0 spiro atoms. The molecule has 2 aromatic rings. The lowest BCUT2D eigenvalue weighted by Crippen LogP contribution is -2.27. The minimum absolute atomic E-state index is 0.0647. The maximum Gasteiger partial charge on any atom is 0.259 e. The van der Waals surface area contributed by atoms with Crippen molar-refractivity contribution in [1.82, 2.24) is 14.8 Å². The van der Waals surface area contributed by atoms with Crippen molar-refractivity contribution in [3.63, 3.8) is 0 Å². The van der Waals surface area contributed by atoms with Crippen molar-refractivity contribution >= 4 is 28.3 Å². The molecular weight excluding hydrogens is 352 g/mol. The molecule has 0 radical (unpaired) electrons. The van der Waals surface area contributed by atoms with Crippen molar-refractivity contribution in [2.45, 2.75) is 13.0 Å². The molecule has 1 aliphatic heterocycles. The Labute approximate surface area is 156 Å². The van der Waals surface area contributed by atoms with E-state index in [9.17, 15) is 9.59 Å². The molecule has 3 rings (SSSR count). The number of hydrogen-bond acceptors (Lipinski definition) is 6. The van der Waals surface area contributed by atoms with Crippen LogP contribution in [0.15, 0.2) is 24.3 Å². The summed E-state index contributed by atoms with van der Waals surface area (Å²) in [4.78, 5) is 33.5. The summed E-state index contributed by atoms with van der Waals surface area (Å²) in [6.07, 6.45) is 0.904. The molecule has 1 aromatic heterocycles. The Balaban J connectivity index is 1.65. The highest BCUT2D eigenvalue weighted by molar-refractivity contribution is 7.15. The second kappa shape index (κ2) is 7.84. The predicted octanol–water partition coefficient (Wildman–Crippen LogP) is 1.85. The van der Waals surface area contributed by atoms with Gasteiger partial charge in [0.2, 0.25) is 0 Å². The number of anilines is 1. The molecule has 8 heteroatoms. The van der Waals surface area contributed by atoms with Gasteiger partial charge in [-0.25, -0.2) is 4.98 Å². The first-order valence-electron chi connectivity index (χ1n) is 8.34. The Morgan fingerprint density at radius 1 is 1.38 bits per heavy atom. The smallest absolute Gasteiger partial charge is 0.259 e. The molecular formula is C18H22N4O3S. The predicted molar refractivity (Wildman–Crippen MR) is 101 cm³/mol. The van der Waals surface area contributed by atoms with E-state index in [0.717, 1.165) is 25.2 Å². The molecule has 0 saturated heterocycles. The van der Waals surface area contributed by atoms with Gasteiger partial charge in [0.25, 0.3) is 11.8 Å². The zero-order valence-electron chi connectivity index (χ0n) is 15.1. The summed E-state index contributed by atoms with van der Waals surface area (Å²) in [6, 6.07) is 6.78. The maximum atomic E-state index is 12.5. The summed E-state index contributed by atoms with van der Waals surface area (Å²) in [5, 5.41) is 3.47.